The molecule has 0 aromatic carbocycles. The molecule has 0 unspecified atom stereocenters. The van der Waals surface area contributed by atoms with Crippen molar-refractivity contribution in [1.82, 2.24) is 9.78 Å². The first-order chi connectivity index (χ1) is 7.36. The fraction of sp³-hybridized carbons (Fsp3) is 0.667. The molecule has 15 heavy (non-hydrogen) atoms. The van der Waals surface area contributed by atoms with Gasteiger partial charge in [0.15, 0.2) is 5.78 Å². The number of aromatic nitrogens is 2. The maximum Gasteiger partial charge on any atom is 0.182 e. The molecular formula is C12H18N2O. The van der Waals surface area contributed by atoms with E-state index in [0.717, 1.165) is 25.1 Å². The van der Waals surface area contributed by atoms with Crippen LogP contribution >= 0.6 is 0 Å². The van der Waals surface area contributed by atoms with Crippen molar-refractivity contribution in [2.24, 2.45) is 0 Å². The predicted octanol–water partition coefficient (Wildman–Crippen LogP) is 2.37. The van der Waals surface area contributed by atoms with Gasteiger partial charge in [-0.3, -0.25) is 9.48 Å². The van der Waals surface area contributed by atoms with Crippen LogP contribution in [0.2, 0.25) is 0 Å². The fourth-order valence-corrected chi connectivity index (χ4v) is 2.41. The molecule has 3 nitrogen and oxygen atoms in total. The minimum Gasteiger partial charge on any atom is -0.292 e. The molecular weight excluding hydrogens is 188 g/mol. The molecule has 0 bridgehead atoms. The molecule has 0 N–H and O–H groups in total. The van der Waals surface area contributed by atoms with Gasteiger partial charge in [-0.1, -0.05) is 13.8 Å². The van der Waals surface area contributed by atoms with Gasteiger partial charge in [-0.2, -0.15) is 5.10 Å². The SMILES string of the molecule is CC.O=C1CCn2nc3c(c21)CCCC3. The summed E-state index contributed by atoms with van der Waals surface area (Å²) in [5.74, 6) is 0.302. The molecule has 1 aromatic rings. The Kier molecular flexibility index (Phi) is 2.89. The molecule has 0 radical (unpaired) electrons. The van der Waals surface area contributed by atoms with Gasteiger partial charge in [-0.05, 0) is 25.7 Å². The quantitative estimate of drug-likeness (QED) is 0.653. The Bertz CT molecular complexity index is 379. The van der Waals surface area contributed by atoms with Gasteiger partial charge in [0, 0.05) is 18.5 Å². The van der Waals surface area contributed by atoms with E-state index in [1.807, 2.05) is 18.5 Å². The monoisotopic (exact) mass is 206 g/mol. The summed E-state index contributed by atoms with van der Waals surface area (Å²) in [6.07, 6.45) is 5.26. The second kappa shape index (κ2) is 4.17. The number of fused-ring (bicyclic) bond motifs is 3. The van der Waals surface area contributed by atoms with Gasteiger partial charge in [-0.15, -0.1) is 0 Å². The molecule has 0 saturated carbocycles. The molecule has 3 heteroatoms. The number of aryl methyl sites for hydroxylation is 2. The second-order valence-electron chi connectivity index (χ2n) is 3.88. The number of ketones is 1. The first-order valence-corrected chi connectivity index (χ1v) is 5.98. The van der Waals surface area contributed by atoms with Crippen molar-refractivity contribution in [3.05, 3.63) is 17.0 Å². The molecule has 1 aromatic heterocycles. The van der Waals surface area contributed by atoms with Crippen LogP contribution in [-0.2, 0) is 19.4 Å². The highest BCUT2D eigenvalue weighted by Crippen LogP contribution is 2.27. The Morgan fingerprint density at radius 2 is 1.87 bits per heavy atom. The molecule has 1 aliphatic heterocycles. The number of nitrogens with zero attached hydrogens (tertiary/aromatic N) is 2. The highest BCUT2D eigenvalue weighted by molar-refractivity contribution is 5.97. The summed E-state index contributed by atoms with van der Waals surface area (Å²) in [4.78, 5) is 11.5. The van der Waals surface area contributed by atoms with Gasteiger partial charge in [0.25, 0.3) is 0 Å². The smallest absolute Gasteiger partial charge is 0.182 e. The predicted molar refractivity (Wildman–Crippen MR) is 59.2 cm³/mol. The lowest BCUT2D eigenvalue weighted by atomic mass is 9.95. The highest BCUT2D eigenvalue weighted by Gasteiger charge is 2.28. The normalized spacial score (nSPS) is 17.9. The maximum absolute atomic E-state index is 11.5. The molecule has 82 valence electrons. The van der Waals surface area contributed by atoms with E-state index < -0.39 is 0 Å². The number of rotatable bonds is 0. The Hall–Kier alpha value is -1.12. The molecule has 0 saturated heterocycles. The Balaban J connectivity index is 0.000000404. The van der Waals surface area contributed by atoms with Crippen molar-refractivity contribution in [2.75, 3.05) is 0 Å². The van der Waals surface area contributed by atoms with Gasteiger partial charge in [0.1, 0.15) is 5.69 Å². The minimum atomic E-state index is 0.302. The molecule has 0 atom stereocenters. The second-order valence-corrected chi connectivity index (χ2v) is 3.88. The lowest BCUT2D eigenvalue weighted by molar-refractivity contribution is 0.0993. The number of hydrogen-bond acceptors (Lipinski definition) is 2. The maximum atomic E-state index is 11.5. The number of hydrogen-bond donors (Lipinski definition) is 0. The van der Waals surface area contributed by atoms with Gasteiger partial charge in [0.05, 0.1) is 5.69 Å². The van der Waals surface area contributed by atoms with Crippen LogP contribution < -0.4 is 0 Å². The van der Waals surface area contributed by atoms with E-state index in [1.165, 1.54) is 24.1 Å². The van der Waals surface area contributed by atoms with Crippen LogP contribution in [0.5, 0.6) is 0 Å². The summed E-state index contributed by atoms with van der Waals surface area (Å²) in [5.41, 5.74) is 3.37. The molecule has 3 rings (SSSR count). The van der Waals surface area contributed by atoms with Crippen LogP contribution in [0.15, 0.2) is 0 Å². The van der Waals surface area contributed by atoms with E-state index >= 15 is 0 Å². The van der Waals surface area contributed by atoms with Crippen molar-refractivity contribution in [3.63, 3.8) is 0 Å². The van der Waals surface area contributed by atoms with Gasteiger partial charge < -0.3 is 0 Å². The molecule has 0 fully saturated rings. The highest BCUT2D eigenvalue weighted by atomic mass is 16.1. The van der Waals surface area contributed by atoms with Gasteiger partial charge in [0.2, 0.25) is 0 Å². The molecule has 2 aliphatic rings. The van der Waals surface area contributed by atoms with E-state index in [9.17, 15) is 4.79 Å². The van der Waals surface area contributed by atoms with Crippen molar-refractivity contribution in [1.29, 1.82) is 0 Å². The average Bonchev–Trinajstić information content (AvgIpc) is 2.82. The van der Waals surface area contributed by atoms with Crippen LogP contribution in [0.3, 0.4) is 0 Å². The van der Waals surface area contributed by atoms with Crippen molar-refractivity contribution in [3.8, 4) is 0 Å². The first-order valence-electron chi connectivity index (χ1n) is 5.98. The molecule has 0 spiro atoms. The summed E-state index contributed by atoms with van der Waals surface area (Å²) >= 11 is 0. The zero-order valence-corrected chi connectivity index (χ0v) is 9.55. The molecule has 1 aliphatic carbocycles. The average molecular weight is 206 g/mol. The minimum absolute atomic E-state index is 0.302. The van der Waals surface area contributed by atoms with E-state index in [2.05, 4.69) is 5.10 Å². The van der Waals surface area contributed by atoms with E-state index in [0.29, 0.717) is 12.2 Å². The number of Topliss-reactive ketones (excluding diaryl/α,β-unsaturated/α-hetero) is 1. The Labute approximate surface area is 90.5 Å². The first kappa shape index (κ1) is 10.4. The summed E-state index contributed by atoms with van der Waals surface area (Å²) in [7, 11) is 0. The van der Waals surface area contributed by atoms with E-state index in [1.54, 1.807) is 0 Å². The van der Waals surface area contributed by atoms with E-state index in [-0.39, 0.29) is 0 Å². The van der Waals surface area contributed by atoms with E-state index in [4.69, 9.17) is 0 Å². The van der Waals surface area contributed by atoms with Crippen LogP contribution in [0, 0.1) is 0 Å². The number of carbonyl (C=O) groups excluding carboxylic acids is 1. The van der Waals surface area contributed by atoms with Crippen LogP contribution in [0.1, 0.15) is 54.9 Å². The third-order valence-electron chi connectivity index (χ3n) is 3.04. The third-order valence-corrected chi connectivity index (χ3v) is 3.04. The van der Waals surface area contributed by atoms with Crippen LogP contribution in [-0.4, -0.2) is 15.6 Å². The zero-order valence-electron chi connectivity index (χ0n) is 9.55. The molecule has 2 heterocycles. The number of carbonyl (C=O) groups is 1. The third kappa shape index (κ3) is 1.60. The fourth-order valence-electron chi connectivity index (χ4n) is 2.41. The van der Waals surface area contributed by atoms with Crippen molar-refractivity contribution < 1.29 is 4.79 Å². The van der Waals surface area contributed by atoms with Crippen LogP contribution in [0.4, 0.5) is 0 Å². The summed E-state index contributed by atoms with van der Waals surface area (Å²) < 4.78 is 1.92. The van der Waals surface area contributed by atoms with Crippen LogP contribution in [0.25, 0.3) is 0 Å². The Morgan fingerprint density at radius 3 is 2.67 bits per heavy atom. The Morgan fingerprint density at radius 1 is 1.13 bits per heavy atom. The summed E-state index contributed by atoms with van der Waals surface area (Å²) in [6.45, 7) is 4.81. The lowest BCUT2D eigenvalue weighted by Gasteiger charge is -2.09. The van der Waals surface area contributed by atoms with Gasteiger partial charge in [-0.25, -0.2) is 0 Å². The standard InChI is InChI=1S/C10H12N2O.C2H6/c13-9-5-6-12-10(9)7-3-1-2-4-8(7)11-12;1-2/h1-6H2;1-2H3. The molecule has 0 amide bonds. The van der Waals surface area contributed by atoms with Crippen molar-refractivity contribution in [2.45, 2.75) is 52.5 Å². The van der Waals surface area contributed by atoms with Gasteiger partial charge >= 0.3 is 0 Å². The van der Waals surface area contributed by atoms with Crippen molar-refractivity contribution >= 4 is 5.78 Å². The summed E-state index contributed by atoms with van der Waals surface area (Å²) in [6, 6.07) is 0. The summed E-state index contributed by atoms with van der Waals surface area (Å²) in [5, 5.41) is 4.48. The largest absolute Gasteiger partial charge is 0.292 e. The lowest BCUT2D eigenvalue weighted by Crippen LogP contribution is -2.04. The topological polar surface area (TPSA) is 34.9 Å². The zero-order chi connectivity index (χ0) is 10.8.